The normalized spacial score (nSPS) is 10.2. The molecule has 0 unspecified atom stereocenters. The lowest BCUT2D eigenvalue weighted by Crippen LogP contribution is -2.07. The maximum Gasteiger partial charge on any atom is 0.338 e. The smallest absolute Gasteiger partial charge is 0.338 e. The molecule has 0 aliphatic heterocycles. The molecule has 0 bridgehead atoms. The molecule has 20 heavy (non-hydrogen) atoms. The van der Waals surface area contributed by atoms with E-state index in [2.05, 4.69) is 12.6 Å². The van der Waals surface area contributed by atoms with E-state index >= 15 is 0 Å². The van der Waals surface area contributed by atoms with Crippen LogP contribution in [0.4, 0.5) is 0 Å². The molecular formula is C16H16O3S. The Morgan fingerprint density at radius 3 is 2.50 bits per heavy atom. The molecule has 0 aliphatic carbocycles. The fraction of sp³-hybridized carbons (Fsp3) is 0.188. The molecule has 2 rings (SSSR count). The van der Waals surface area contributed by atoms with Crippen molar-refractivity contribution in [3.63, 3.8) is 0 Å². The van der Waals surface area contributed by atoms with Crippen LogP contribution in [0, 0.1) is 6.92 Å². The standard InChI is InChI=1S/C16H16O3S/c1-11-3-8-14(20)9-15(11)16(17)19-10-12-4-6-13(18-2)7-5-12/h3-9,20H,10H2,1-2H3. The molecule has 104 valence electrons. The Hall–Kier alpha value is -1.94. The summed E-state index contributed by atoms with van der Waals surface area (Å²) in [4.78, 5) is 12.8. The molecule has 0 amide bonds. The third kappa shape index (κ3) is 3.54. The SMILES string of the molecule is COc1ccc(COC(=O)c2cc(S)ccc2C)cc1. The highest BCUT2D eigenvalue weighted by Crippen LogP contribution is 2.17. The second kappa shape index (κ2) is 6.48. The summed E-state index contributed by atoms with van der Waals surface area (Å²) in [6.07, 6.45) is 0. The summed E-state index contributed by atoms with van der Waals surface area (Å²) in [7, 11) is 1.61. The lowest BCUT2D eigenvalue weighted by atomic mass is 10.1. The summed E-state index contributed by atoms with van der Waals surface area (Å²) in [5, 5.41) is 0. The minimum Gasteiger partial charge on any atom is -0.497 e. The van der Waals surface area contributed by atoms with Crippen LogP contribution in [0.2, 0.25) is 0 Å². The molecule has 0 radical (unpaired) electrons. The molecule has 2 aromatic carbocycles. The molecule has 0 fully saturated rings. The van der Waals surface area contributed by atoms with Crippen LogP contribution in [0.25, 0.3) is 0 Å². The van der Waals surface area contributed by atoms with Gasteiger partial charge in [-0.15, -0.1) is 12.6 Å². The first kappa shape index (κ1) is 14.5. The summed E-state index contributed by atoms with van der Waals surface area (Å²) in [6.45, 7) is 2.11. The van der Waals surface area contributed by atoms with E-state index in [1.54, 1.807) is 13.2 Å². The summed E-state index contributed by atoms with van der Waals surface area (Å²) in [5.74, 6) is 0.438. The zero-order valence-electron chi connectivity index (χ0n) is 11.4. The number of benzene rings is 2. The van der Waals surface area contributed by atoms with Gasteiger partial charge >= 0.3 is 5.97 Å². The van der Waals surface area contributed by atoms with E-state index in [0.717, 1.165) is 21.8 Å². The van der Waals surface area contributed by atoms with Crippen molar-refractivity contribution in [2.75, 3.05) is 7.11 Å². The fourth-order valence-corrected chi connectivity index (χ4v) is 1.98. The van der Waals surface area contributed by atoms with Crippen LogP contribution in [0.1, 0.15) is 21.5 Å². The molecule has 0 saturated carbocycles. The van der Waals surface area contributed by atoms with Gasteiger partial charge in [-0.1, -0.05) is 18.2 Å². The Bertz CT molecular complexity index is 606. The zero-order chi connectivity index (χ0) is 14.5. The quantitative estimate of drug-likeness (QED) is 0.689. The van der Waals surface area contributed by atoms with Crippen LogP contribution < -0.4 is 4.74 Å². The van der Waals surface area contributed by atoms with E-state index in [4.69, 9.17) is 9.47 Å². The number of ether oxygens (including phenoxy) is 2. The molecule has 4 heteroatoms. The van der Waals surface area contributed by atoms with Gasteiger partial charge in [0.15, 0.2) is 0 Å². The van der Waals surface area contributed by atoms with Crippen molar-refractivity contribution < 1.29 is 14.3 Å². The number of hydrogen-bond acceptors (Lipinski definition) is 4. The van der Waals surface area contributed by atoms with E-state index in [1.807, 2.05) is 43.3 Å². The Labute approximate surface area is 123 Å². The van der Waals surface area contributed by atoms with Crippen molar-refractivity contribution in [1.82, 2.24) is 0 Å². The molecular weight excluding hydrogens is 272 g/mol. The van der Waals surface area contributed by atoms with Crippen molar-refractivity contribution in [2.24, 2.45) is 0 Å². The summed E-state index contributed by atoms with van der Waals surface area (Å²) >= 11 is 4.23. The van der Waals surface area contributed by atoms with Crippen molar-refractivity contribution in [3.8, 4) is 5.75 Å². The molecule has 0 aliphatic rings. The van der Waals surface area contributed by atoms with Crippen molar-refractivity contribution >= 4 is 18.6 Å². The lowest BCUT2D eigenvalue weighted by molar-refractivity contribution is 0.0471. The number of carbonyl (C=O) groups is 1. The maximum atomic E-state index is 12.0. The van der Waals surface area contributed by atoms with Crippen molar-refractivity contribution in [3.05, 3.63) is 59.2 Å². The first-order valence-electron chi connectivity index (χ1n) is 6.20. The van der Waals surface area contributed by atoms with E-state index < -0.39 is 0 Å². The van der Waals surface area contributed by atoms with Gasteiger partial charge in [0.2, 0.25) is 0 Å². The van der Waals surface area contributed by atoms with Crippen LogP contribution in [0.5, 0.6) is 5.75 Å². The highest BCUT2D eigenvalue weighted by Gasteiger charge is 2.11. The van der Waals surface area contributed by atoms with E-state index in [9.17, 15) is 4.79 Å². The van der Waals surface area contributed by atoms with Crippen molar-refractivity contribution in [1.29, 1.82) is 0 Å². The molecule has 0 aromatic heterocycles. The number of rotatable bonds is 4. The van der Waals surface area contributed by atoms with Gasteiger partial charge in [0, 0.05) is 4.90 Å². The second-order valence-corrected chi connectivity index (χ2v) is 4.94. The Morgan fingerprint density at radius 1 is 1.15 bits per heavy atom. The average Bonchev–Trinajstić information content (AvgIpc) is 2.47. The van der Waals surface area contributed by atoms with E-state index in [-0.39, 0.29) is 12.6 Å². The third-order valence-electron chi connectivity index (χ3n) is 2.97. The van der Waals surface area contributed by atoms with Gasteiger partial charge in [-0.05, 0) is 42.3 Å². The van der Waals surface area contributed by atoms with E-state index in [0.29, 0.717) is 5.56 Å². The molecule has 0 spiro atoms. The zero-order valence-corrected chi connectivity index (χ0v) is 12.3. The Balaban J connectivity index is 2.02. The van der Waals surface area contributed by atoms with Gasteiger partial charge in [-0.25, -0.2) is 4.79 Å². The molecule has 0 atom stereocenters. The Morgan fingerprint density at radius 2 is 1.85 bits per heavy atom. The van der Waals surface area contributed by atoms with Crippen LogP contribution >= 0.6 is 12.6 Å². The number of aryl methyl sites for hydroxylation is 1. The first-order valence-corrected chi connectivity index (χ1v) is 6.64. The van der Waals surface area contributed by atoms with Crippen molar-refractivity contribution in [2.45, 2.75) is 18.4 Å². The van der Waals surface area contributed by atoms with Crippen LogP contribution in [0.3, 0.4) is 0 Å². The van der Waals surface area contributed by atoms with E-state index in [1.165, 1.54) is 0 Å². The van der Waals surface area contributed by atoms with Gasteiger partial charge in [0.1, 0.15) is 12.4 Å². The van der Waals surface area contributed by atoms with Crippen LogP contribution in [0.15, 0.2) is 47.4 Å². The number of esters is 1. The largest absolute Gasteiger partial charge is 0.497 e. The predicted molar refractivity (Wildman–Crippen MR) is 80.5 cm³/mol. The number of hydrogen-bond donors (Lipinski definition) is 1. The lowest BCUT2D eigenvalue weighted by Gasteiger charge is -2.08. The summed E-state index contributed by atoms with van der Waals surface area (Å²) in [5.41, 5.74) is 2.34. The van der Waals surface area contributed by atoms with Gasteiger partial charge in [-0.2, -0.15) is 0 Å². The second-order valence-electron chi connectivity index (χ2n) is 4.42. The maximum absolute atomic E-state index is 12.0. The topological polar surface area (TPSA) is 35.5 Å². The summed E-state index contributed by atoms with van der Waals surface area (Å²) < 4.78 is 10.4. The molecule has 0 saturated heterocycles. The summed E-state index contributed by atoms with van der Waals surface area (Å²) in [6, 6.07) is 12.8. The van der Waals surface area contributed by atoms with Gasteiger partial charge in [0.25, 0.3) is 0 Å². The predicted octanol–water partition coefficient (Wildman–Crippen LogP) is 3.65. The third-order valence-corrected chi connectivity index (χ3v) is 3.25. The highest BCUT2D eigenvalue weighted by molar-refractivity contribution is 7.80. The molecule has 2 aromatic rings. The molecule has 0 heterocycles. The molecule has 0 N–H and O–H groups in total. The fourth-order valence-electron chi connectivity index (χ4n) is 1.78. The average molecular weight is 288 g/mol. The van der Waals surface area contributed by atoms with Gasteiger partial charge in [0.05, 0.1) is 12.7 Å². The first-order chi connectivity index (χ1) is 9.60. The molecule has 3 nitrogen and oxygen atoms in total. The van der Waals surface area contributed by atoms with Crippen LogP contribution in [-0.2, 0) is 11.3 Å². The Kier molecular flexibility index (Phi) is 4.69. The highest BCUT2D eigenvalue weighted by atomic mass is 32.1. The number of thiol groups is 1. The van der Waals surface area contributed by atoms with Gasteiger partial charge in [-0.3, -0.25) is 0 Å². The van der Waals surface area contributed by atoms with Gasteiger partial charge < -0.3 is 9.47 Å². The minimum atomic E-state index is -0.339. The van der Waals surface area contributed by atoms with Crippen LogP contribution in [-0.4, -0.2) is 13.1 Å². The number of methoxy groups -OCH3 is 1. The minimum absolute atomic E-state index is 0.235. The number of carbonyl (C=O) groups excluding carboxylic acids is 1. The monoisotopic (exact) mass is 288 g/mol.